The van der Waals surface area contributed by atoms with Gasteiger partial charge in [0.05, 0.1) is 11.3 Å². The molecule has 0 aliphatic rings. The van der Waals surface area contributed by atoms with Crippen molar-refractivity contribution in [2.24, 2.45) is 0 Å². The number of nitrogens with two attached hydrogens (primary N) is 1. The number of hydrogen-bond donors (Lipinski definition) is 2. The van der Waals surface area contributed by atoms with E-state index >= 15 is 0 Å². The van der Waals surface area contributed by atoms with Crippen LogP contribution in [-0.4, -0.2) is 10.2 Å². The van der Waals surface area contributed by atoms with Crippen molar-refractivity contribution in [2.45, 2.75) is 6.92 Å². The average molecular weight is 285 g/mol. The third kappa shape index (κ3) is 2.38. The predicted octanol–water partition coefficient (Wildman–Crippen LogP) is 3.91. The van der Waals surface area contributed by atoms with E-state index in [1.165, 1.54) is 12.1 Å². The van der Waals surface area contributed by atoms with Crippen molar-refractivity contribution in [2.75, 3.05) is 5.73 Å². The van der Waals surface area contributed by atoms with Crippen LogP contribution in [0, 0.1) is 18.6 Å². The van der Waals surface area contributed by atoms with Crippen molar-refractivity contribution >= 4 is 5.82 Å². The number of hydrogen-bond acceptors (Lipinski definition) is 2. The van der Waals surface area contributed by atoms with E-state index in [9.17, 15) is 8.78 Å². The van der Waals surface area contributed by atoms with Crippen LogP contribution >= 0.6 is 0 Å². The molecule has 0 radical (unpaired) electrons. The lowest BCUT2D eigenvalue weighted by Gasteiger charge is -2.06. The lowest BCUT2D eigenvalue weighted by molar-refractivity contribution is 0.585. The van der Waals surface area contributed by atoms with Gasteiger partial charge in [-0.1, -0.05) is 29.8 Å². The van der Waals surface area contributed by atoms with E-state index in [1.807, 2.05) is 31.2 Å². The smallest absolute Gasteiger partial charge is 0.153 e. The lowest BCUT2D eigenvalue weighted by atomic mass is 9.99. The number of nitrogens with one attached hydrogen (secondary N) is 1. The second-order valence-electron chi connectivity index (χ2n) is 4.85. The summed E-state index contributed by atoms with van der Waals surface area (Å²) < 4.78 is 27.0. The molecule has 3 rings (SSSR count). The number of nitrogens with zero attached hydrogens (tertiary/aromatic N) is 1. The summed E-state index contributed by atoms with van der Waals surface area (Å²) in [4.78, 5) is 0. The average Bonchev–Trinajstić information content (AvgIpc) is 2.82. The van der Waals surface area contributed by atoms with Crippen LogP contribution in [0.5, 0.6) is 0 Å². The number of anilines is 1. The molecule has 0 aliphatic carbocycles. The second kappa shape index (κ2) is 5.01. The second-order valence-corrected chi connectivity index (χ2v) is 4.85. The van der Waals surface area contributed by atoms with E-state index < -0.39 is 11.6 Å². The molecule has 3 aromatic rings. The number of aromatic nitrogens is 2. The standard InChI is InChI=1S/C16H13F2N3/c1-9-2-4-10(5-3-9)14-15(20-21-16(14)19)12-7-6-11(17)8-13(12)18/h2-8H,1H3,(H3,19,20,21). The summed E-state index contributed by atoms with van der Waals surface area (Å²) >= 11 is 0. The molecule has 21 heavy (non-hydrogen) atoms. The summed E-state index contributed by atoms with van der Waals surface area (Å²) in [5.41, 5.74) is 9.10. The molecule has 2 aromatic carbocycles. The monoisotopic (exact) mass is 285 g/mol. The molecule has 0 bridgehead atoms. The number of aromatic amines is 1. The van der Waals surface area contributed by atoms with Crippen LogP contribution in [0.4, 0.5) is 14.6 Å². The topological polar surface area (TPSA) is 54.7 Å². The zero-order valence-corrected chi connectivity index (χ0v) is 11.3. The first-order valence-electron chi connectivity index (χ1n) is 6.42. The summed E-state index contributed by atoms with van der Waals surface area (Å²) in [5, 5.41) is 6.67. The number of benzene rings is 2. The summed E-state index contributed by atoms with van der Waals surface area (Å²) in [5.74, 6) is -1.01. The van der Waals surface area contributed by atoms with Gasteiger partial charge in [-0.3, -0.25) is 5.10 Å². The van der Waals surface area contributed by atoms with Gasteiger partial charge in [0.15, 0.2) is 5.82 Å². The van der Waals surface area contributed by atoms with E-state index in [2.05, 4.69) is 10.2 Å². The van der Waals surface area contributed by atoms with Gasteiger partial charge in [0, 0.05) is 11.6 Å². The molecule has 0 saturated carbocycles. The maximum Gasteiger partial charge on any atom is 0.153 e. The summed E-state index contributed by atoms with van der Waals surface area (Å²) in [6.45, 7) is 1.98. The van der Waals surface area contributed by atoms with Crippen molar-refractivity contribution in [1.82, 2.24) is 10.2 Å². The van der Waals surface area contributed by atoms with Crippen molar-refractivity contribution < 1.29 is 8.78 Å². The molecule has 106 valence electrons. The van der Waals surface area contributed by atoms with Crippen molar-refractivity contribution in [3.05, 3.63) is 59.7 Å². The van der Waals surface area contributed by atoms with Crippen LogP contribution in [0.25, 0.3) is 22.4 Å². The summed E-state index contributed by atoms with van der Waals surface area (Å²) in [6, 6.07) is 11.1. The first-order valence-corrected chi connectivity index (χ1v) is 6.42. The van der Waals surface area contributed by atoms with Gasteiger partial charge in [-0.2, -0.15) is 5.10 Å². The Hall–Kier alpha value is -2.69. The van der Waals surface area contributed by atoms with Gasteiger partial charge in [0.1, 0.15) is 11.6 Å². The molecule has 0 atom stereocenters. The van der Waals surface area contributed by atoms with Crippen molar-refractivity contribution in [3.63, 3.8) is 0 Å². The number of halogens is 2. The van der Waals surface area contributed by atoms with E-state index in [-0.39, 0.29) is 11.4 Å². The number of H-pyrrole nitrogens is 1. The fourth-order valence-electron chi connectivity index (χ4n) is 2.26. The Bertz CT molecular complexity index is 792. The molecule has 0 fully saturated rings. The normalized spacial score (nSPS) is 10.8. The van der Waals surface area contributed by atoms with Gasteiger partial charge in [-0.05, 0) is 24.6 Å². The maximum atomic E-state index is 14.0. The van der Waals surface area contributed by atoms with E-state index in [4.69, 9.17) is 5.73 Å². The minimum Gasteiger partial charge on any atom is -0.382 e. The largest absolute Gasteiger partial charge is 0.382 e. The van der Waals surface area contributed by atoms with Crippen LogP contribution < -0.4 is 5.73 Å². The fraction of sp³-hybridized carbons (Fsp3) is 0.0625. The van der Waals surface area contributed by atoms with Gasteiger partial charge in [0.2, 0.25) is 0 Å². The van der Waals surface area contributed by atoms with Crippen LogP contribution in [0.1, 0.15) is 5.56 Å². The molecule has 0 spiro atoms. The van der Waals surface area contributed by atoms with Crippen LogP contribution in [-0.2, 0) is 0 Å². The Kier molecular flexibility index (Phi) is 3.17. The van der Waals surface area contributed by atoms with E-state index in [0.29, 0.717) is 11.3 Å². The van der Waals surface area contributed by atoms with Crippen LogP contribution in [0.3, 0.4) is 0 Å². The van der Waals surface area contributed by atoms with Gasteiger partial charge in [0.25, 0.3) is 0 Å². The third-order valence-electron chi connectivity index (χ3n) is 3.34. The molecular formula is C16H13F2N3. The first kappa shape index (κ1) is 13.3. The number of nitrogen functional groups attached to an aromatic ring is 1. The number of rotatable bonds is 2. The highest BCUT2D eigenvalue weighted by Gasteiger charge is 2.17. The zero-order chi connectivity index (χ0) is 15.0. The van der Waals surface area contributed by atoms with Crippen molar-refractivity contribution in [1.29, 1.82) is 0 Å². The van der Waals surface area contributed by atoms with Crippen molar-refractivity contribution in [3.8, 4) is 22.4 Å². The molecule has 1 heterocycles. The lowest BCUT2D eigenvalue weighted by Crippen LogP contribution is -1.91. The van der Waals surface area contributed by atoms with E-state index in [1.54, 1.807) is 0 Å². The van der Waals surface area contributed by atoms with Crippen LogP contribution in [0.15, 0.2) is 42.5 Å². The number of aryl methyl sites for hydroxylation is 1. The molecule has 3 N–H and O–H groups in total. The molecule has 5 heteroatoms. The van der Waals surface area contributed by atoms with Gasteiger partial charge in [-0.25, -0.2) is 8.78 Å². The molecule has 0 unspecified atom stereocenters. The van der Waals surface area contributed by atoms with Gasteiger partial charge < -0.3 is 5.73 Å². The Morgan fingerprint density at radius 2 is 1.76 bits per heavy atom. The molecular weight excluding hydrogens is 272 g/mol. The summed E-state index contributed by atoms with van der Waals surface area (Å²) in [6.07, 6.45) is 0. The van der Waals surface area contributed by atoms with Crippen LogP contribution in [0.2, 0.25) is 0 Å². The highest BCUT2D eigenvalue weighted by molar-refractivity contribution is 5.87. The highest BCUT2D eigenvalue weighted by atomic mass is 19.1. The Balaban J connectivity index is 2.19. The predicted molar refractivity (Wildman–Crippen MR) is 78.5 cm³/mol. The quantitative estimate of drug-likeness (QED) is 0.750. The first-order chi connectivity index (χ1) is 10.1. The zero-order valence-electron chi connectivity index (χ0n) is 11.3. The minimum atomic E-state index is -0.660. The molecule has 0 saturated heterocycles. The Morgan fingerprint density at radius 3 is 2.43 bits per heavy atom. The Morgan fingerprint density at radius 1 is 1.05 bits per heavy atom. The SMILES string of the molecule is Cc1ccc(-c2c(N)n[nH]c2-c2ccc(F)cc2F)cc1. The minimum absolute atomic E-state index is 0.233. The third-order valence-corrected chi connectivity index (χ3v) is 3.34. The molecule has 3 nitrogen and oxygen atoms in total. The van der Waals surface area contributed by atoms with Gasteiger partial charge in [-0.15, -0.1) is 0 Å². The summed E-state index contributed by atoms with van der Waals surface area (Å²) in [7, 11) is 0. The Labute approximate surface area is 120 Å². The highest BCUT2D eigenvalue weighted by Crippen LogP contribution is 2.35. The molecule has 0 aliphatic heterocycles. The van der Waals surface area contributed by atoms with Gasteiger partial charge >= 0.3 is 0 Å². The molecule has 0 amide bonds. The van der Waals surface area contributed by atoms with E-state index in [0.717, 1.165) is 17.2 Å². The maximum absolute atomic E-state index is 14.0. The fourth-order valence-corrected chi connectivity index (χ4v) is 2.26. The molecule has 1 aromatic heterocycles.